The largest absolute Gasteiger partial charge is 0.462 e. The molecule has 3 aliphatic rings. The monoisotopic (exact) mass is 579 g/mol. The molecule has 8 nitrogen and oxygen atoms in total. The molecule has 0 spiro atoms. The Labute approximate surface area is 241 Å². The number of aromatic nitrogens is 4. The van der Waals surface area contributed by atoms with E-state index < -0.39 is 11.6 Å². The second-order valence-electron chi connectivity index (χ2n) is 11.7. The maximum Gasteiger partial charge on any atom is 0.319 e. The second kappa shape index (κ2) is 9.89. The predicted molar refractivity (Wildman–Crippen MR) is 157 cm³/mol. The molecule has 3 saturated heterocycles. The number of hydrogen-bond donors (Lipinski definition) is 2. The Morgan fingerprint density at radius 1 is 1.22 bits per heavy atom. The number of nitrogens with zero attached hydrogens (tertiary/aromatic N) is 5. The number of halogens is 3. The van der Waals surface area contributed by atoms with Gasteiger partial charge < -0.3 is 19.9 Å². The molecule has 41 heavy (non-hydrogen) atoms. The number of likely N-dealkylation sites (tertiary alicyclic amines) is 1. The second-order valence-corrected chi connectivity index (χ2v) is 12.1. The minimum absolute atomic E-state index is 0.0802. The number of benzene rings is 2. The summed E-state index contributed by atoms with van der Waals surface area (Å²) in [7, 11) is 2.07. The highest BCUT2D eigenvalue weighted by atomic mass is 35.5. The van der Waals surface area contributed by atoms with Gasteiger partial charge >= 0.3 is 6.01 Å². The summed E-state index contributed by atoms with van der Waals surface area (Å²) in [5.41, 5.74) is 0.999. The number of hydrogen-bond acceptors (Lipinski definition) is 7. The smallest absolute Gasteiger partial charge is 0.319 e. The van der Waals surface area contributed by atoms with Crippen molar-refractivity contribution in [2.75, 3.05) is 38.2 Å². The predicted octanol–water partition coefficient (Wildman–Crippen LogP) is 5.38. The van der Waals surface area contributed by atoms with Gasteiger partial charge in [0.25, 0.3) is 0 Å². The van der Waals surface area contributed by atoms with E-state index in [2.05, 4.69) is 43.9 Å². The van der Waals surface area contributed by atoms with Crippen LogP contribution in [-0.2, 0) is 0 Å². The molecule has 2 bridgehead atoms. The Morgan fingerprint density at radius 3 is 2.85 bits per heavy atom. The lowest BCUT2D eigenvalue weighted by Crippen LogP contribution is -2.58. The lowest BCUT2D eigenvalue weighted by atomic mass is 9.94. The van der Waals surface area contributed by atoms with Crippen LogP contribution in [-0.4, -0.2) is 76.0 Å². The van der Waals surface area contributed by atoms with Crippen molar-refractivity contribution in [3.63, 3.8) is 0 Å². The standard InChI is InChI=1S/C30H32ClF2N7O/c1-4-30-8-7-17(37-30)13-40(15-30)28-19-10-21(31)25(24-16(2)22(32)11-23-20(24)12-34-38-23)26(33)27(19)35-29(36-28)41-14-18-6-5-9-39(18)3/h4,10-12,17-18,37H,1,5-9,13-15H2,2-3H3,(H,34,38). The average Bonchev–Trinajstić information content (AvgIpc) is 3.67. The molecule has 3 unspecified atom stereocenters. The fourth-order valence-corrected chi connectivity index (χ4v) is 7.13. The highest BCUT2D eigenvalue weighted by Crippen LogP contribution is 2.44. The van der Waals surface area contributed by atoms with Crippen molar-refractivity contribution in [2.24, 2.45) is 0 Å². The number of piperazine rings is 1. The molecule has 214 valence electrons. The van der Waals surface area contributed by atoms with Gasteiger partial charge in [-0.15, -0.1) is 6.58 Å². The summed E-state index contributed by atoms with van der Waals surface area (Å²) in [6, 6.07) is 3.66. The number of rotatable bonds is 6. The van der Waals surface area contributed by atoms with Crippen LogP contribution in [0.1, 0.15) is 31.2 Å². The van der Waals surface area contributed by atoms with Crippen LogP contribution in [0.3, 0.4) is 0 Å². The first-order chi connectivity index (χ1) is 19.8. The third-order valence-electron chi connectivity index (χ3n) is 9.15. The summed E-state index contributed by atoms with van der Waals surface area (Å²) in [5.74, 6) is -0.556. The maximum absolute atomic E-state index is 16.8. The lowest BCUT2D eigenvalue weighted by molar-refractivity contribution is 0.188. The summed E-state index contributed by atoms with van der Waals surface area (Å²) >= 11 is 6.84. The average molecular weight is 580 g/mol. The van der Waals surface area contributed by atoms with E-state index in [1.54, 1.807) is 19.2 Å². The quantitative estimate of drug-likeness (QED) is 0.297. The summed E-state index contributed by atoms with van der Waals surface area (Å²) < 4.78 is 37.9. The first-order valence-corrected chi connectivity index (χ1v) is 14.5. The molecule has 0 radical (unpaired) electrons. The summed E-state index contributed by atoms with van der Waals surface area (Å²) in [5, 5.41) is 11.7. The number of likely N-dealkylation sites (N-methyl/N-ethyl adjacent to an activating group) is 1. The van der Waals surface area contributed by atoms with Crippen LogP contribution in [0.4, 0.5) is 14.6 Å². The van der Waals surface area contributed by atoms with Crippen molar-refractivity contribution in [3.05, 3.63) is 53.2 Å². The molecule has 0 saturated carbocycles. The van der Waals surface area contributed by atoms with Gasteiger partial charge in [0.15, 0.2) is 5.82 Å². The Balaban J connectivity index is 1.41. The third-order valence-corrected chi connectivity index (χ3v) is 9.44. The van der Waals surface area contributed by atoms with Crippen molar-refractivity contribution in [1.29, 1.82) is 0 Å². The zero-order chi connectivity index (χ0) is 28.5. The first-order valence-electron chi connectivity index (χ1n) is 14.1. The Bertz CT molecular complexity index is 1690. The van der Waals surface area contributed by atoms with E-state index in [0.717, 1.165) is 32.2 Å². The van der Waals surface area contributed by atoms with E-state index in [9.17, 15) is 4.39 Å². The molecule has 2 N–H and O–H groups in total. The Hall–Kier alpha value is -3.34. The van der Waals surface area contributed by atoms with Gasteiger partial charge in [-0.3, -0.25) is 5.10 Å². The lowest BCUT2D eigenvalue weighted by Gasteiger charge is -2.40. The van der Waals surface area contributed by atoms with Crippen LogP contribution >= 0.6 is 11.6 Å². The summed E-state index contributed by atoms with van der Waals surface area (Å²) in [6.45, 7) is 8.44. The zero-order valence-corrected chi connectivity index (χ0v) is 23.9. The van der Waals surface area contributed by atoms with E-state index in [1.807, 2.05) is 6.08 Å². The molecule has 11 heteroatoms. The van der Waals surface area contributed by atoms with Gasteiger partial charge in [0.05, 0.1) is 22.3 Å². The van der Waals surface area contributed by atoms with Crippen molar-refractivity contribution in [2.45, 2.75) is 50.2 Å². The number of ether oxygens (including phenoxy) is 1. The van der Waals surface area contributed by atoms with Gasteiger partial charge in [-0.05, 0) is 63.9 Å². The zero-order valence-electron chi connectivity index (χ0n) is 23.1. The van der Waals surface area contributed by atoms with Crippen molar-refractivity contribution >= 4 is 39.2 Å². The van der Waals surface area contributed by atoms with Gasteiger partial charge in [0.2, 0.25) is 0 Å². The van der Waals surface area contributed by atoms with Crippen LogP contribution in [0, 0.1) is 18.6 Å². The molecule has 3 aliphatic heterocycles. The summed E-state index contributed by atoms with van der Waals surface area (Å²) in [4.78, 5) is 13.8. The molecule has 2 aromatic heterocycles. The van der Waals surface area contributed by atoms with Crippen LogP contribution < -0.4 is 15.0 Å². The van der Waals surface area contributed by atoms with Crippen LogP contribution in [0.2, 0.25) is 5.02 Å². The first kappa shape index (κ1) is 26.6. The third kappa shape index (κ3) is 4.35. The number of anilines is 1. The van der Waals surface area contributed by atoms with Gasteiger partial charge in [0, 0.05) is 47.1 Å². The van der Waals surface area contributed by atoms with Gasteiger partial charge in [0.1, 0.15) is 23.8 Å². The van der Waals surface area contributed by atoms with Gasteiger partial charge in [-0.25, -0.2) is 8.78 Å². The van der Waals surface area contributed by atoms with E-state index >= 15 is 4.39 Å². The maximum atomic E-state index is 16.8. The molecule has 2 aromatic carbocycles. The molecule has 4 aromatic rings. The SMILES string of the molecule is C=CC12CCC(CN(c3nc(OCC4CCCN4C)nc4c(F)c(-c5c(C)c(F)cc6[nH]ncc56)c(Cl)cc34)C1)N2. The normalized spacial score (nSPS) is 24.6. The van der Waals surface area contributed by atoms with Crippen LogP contribution in [0.5, 0.6) is 6.01 Å². The molecule has 3 atom stereocenters. The fourth-order valence-electron chi connectivity index (χ4n) is 6.84. The van der Waals surface area contributed by atoms with E-state index in [-0.39, 0.29) is 45.3 Å². The highest BCUT2D eigenvalue weighted by Gasteiger charge is 2.43. The number of nitrogens with one attached hydrogen (secondary N) is 2. The summed E-state index contributed by atoms with van der Waals surface area (Å²) in [6.07, 6.45) is 7.63. The topological polar surface area (TPSA) is 82.2 Å². The molecular weight excluding hydrogens is 548 g/mol. The highest BCUT2D eigenvalue weighted by molar-refractivity contribution is 6.35. The minimum atomic E-state index is -0.647. The number of aromatic amines is 1. The number of H-pyrrole nitrogens is 1. The van der Waals surface area contributed by atoms with Gasteiger partial charge in [-0.2, -0.15) is 15.1 Å². The molecule has 0 amide bonds. The van der Waals surface area contributed by atoms with E-state index in [4.69, 9.17) is 21.3 Å². The van der Waals surface area contributed by atoms with Crippen molar-refractivity contribution in [3.8, 4) is 17.1 Å². The van der Waals surface area contributed by atoms with Crippen LogP contribution in [0.15, 0.2) is 31.0 Å². The fraction of sp³-hybridized carbons (Fsp3) is 0.433. The minimum Gasteiger partial charge on any atom is -0.462 e. The molecule has 5 heterocycles. The van der Waals surface area contributed by atoms with Crippen molar-refractivity contribution in [1.82, 2.24) is 30.4 Å². The van der Waals surface area contributed by atoms with Gasteiger partial charge in [-0.1, -0.05) is 17.7 Å². The molecule has 7 rings (SSSR count). The van der Waals surface area contributed by atoms with E-state index in [1.165, 1.54) is 6.07 Å². The Morgan fingerprint density at radius 2 is 2.07 bits per heavy atom. The van der Waals surface area contributed by atoms with E-state index in [0.29, 0.717) is 47.4 Å². The molecular formula is C30H32ClF2N7O. The Kier molecular flexibility index (Phi) is 6.40. The molecule has 0 aliphatic carbocycles. The number of fused-ring (bicyclic) bond motifs is 4. The van der Waals surface area contributed by atoms with Crippen molar-refractivity contribution < 1.29 is 13.5 Å². The molecule has 3 fully saturated rings. The van der Waals surface area contributed by atoms with Crippen LogP contribution in [0.25, 0.3) is 32.9 Å².